The maximum Gasteiger partial charge on any atom is 0.254 e. The molecule has 1 amide bonds. The molecule has 6 heteroatoms. The van der Waals surface area contributed by atoms with Crippen LogP contribution in [0, 0.1) is 5.92 Å². The first-order valence-corrected chi connectivity index (χ1v) is 7.10. The van der Waals surface area contributed by atoms with Gasteiger partial charge in [-0.3, -0.25) is 14.9 Å². The summed E-state index contributed by atoms with van der Waals surface area (Å²) in [5.41, 5.74) is 1.80. The van der Waals surface area contributed by atoms with Crippen LogP contribution in [0.1, 0.15) is 19.8 Å². The standard InChI is InChI=1S/C15H18N4O2/c1-10(21-9-11-2-3-11)15(20)17-14-8-13(18-19-14)12-4-6-16-7-5-12/h4-8,10-11H,2-3,9H2,1H3,(H2,17,18,19,20)/t10-/m1/s1. The van der Waals surface area contributed by atoms with Crippen molar-refractivity contribution in [2.45, 2.75) is 25.9 Å². The van der Waals surface area contributed by atoms with Gasteiger partial charge in [0.1, 0.15) is 6.10 Å². The first-order chi connectivity index (χ1) is 10.2. The molecule has 0 radical (unpaired) electrons. The van der Waals surface area contributed by atoms with Crippen LogP contribution >= 0.6 is 0 Å². The Bertz CT molecular complexity index is 607. The third kappa shape index (κ3) is 3.66. The molecule has 6 nitrogen and oxygen atoms in total. The quantitative estimate of drug-likeness (QED) is 0.853. The van der Waals surface area contributed by atoms with Crippen LogP contribution in [-0.2, 0) is 9.53 Å². The molecule has 21 heavy (non-hydrogen) atoms. The summed E-state index contributed by atoms with van der Waals surface area (Å²) in [5.74, 6) is 0.959. The largest absolute Gasteiger partial charge is 0.368 e. The Morgan fingerprint density at radius 3 is 2.95 bits per heavy atom. The minimum Gasteiger partial charge on any atom is -0.368 e. The van der Waals surface area contributed by atoms with E-state index in [-0.39, 0.29) is 5.91 Å². The number of carbonyl (C=O) groups is 1. The highest BCUT2D eigenvalue weighted by Crippen LogP contribution is 2.29. The van der Waals surface area contributed by atoms with E-state index in [9.17, 15) is 4.79 Å². The maximum absolute atomic E-state index is 12.0. The molecule has 0 spiro atoms. The molecular formula is C15H18N4O2. The highest BCUT2D eigenvalue weighted by molar-refractivity contribution is 5.93. The number of aromatic nitrogens is 3. The lowest BCUT2D eigenvalue weighted by Crippen LogP contribution is -2.28. The molecule has 1 atom stereocenters. The second kappa shape index (κ2) is 6.05. The molecule has 2 aromatic rings. The summed E-state index contributed by atoms with van der Waals surface area (Å²) in [4.78, 5) is 16.0. The minimum absolute atomic E-state index is 0.177. The number of pyridine rings is 1. The molecule has 0 bridgehead atoms. The zero-order valence-corrected chi connectivity index (χ0v) is 11.9. The second-order valence-corrected chi connectivity index (χ2v) is 5.31. The molecule has 2 aromatic heterocycles. The van der Waals surface area contributed by atoms with Gasteiger partial charge in [0.25, 0.3) is 5.91 Å². The Kier molecular flexibility index (Phi) is 3.96. The molecule has 0 saturated heterocycles. The monoisotopic (exact) mass is 286 g/mol. The number of nitrogens with one attached hydrogen (secondary N) is 2. The number of anilines is 1. The average Bonchev–Trinajstić information content (AvgIpc) is 3.23. The van der Waals surface area contributed by atoms with E-state index in [1.165, 1.54) is 12.8 Å². The Balaban J connectivity index is 1.57. The predicted molar refractivity (Wildman–Crippen MR) is 78.6 cm³/mol. The number of nitrogens with zero attached hydrogens (tertiary/aromatic N) is 2. The lowest BCUT2D eigenvalue weighted by atomic mass is 10.2. The van der Waals surface area contributed by atoms with E-state index < -0.39 is 6.10 Å². The molecule has 1 saturated carbocycles. The Morgan fingerprint density at radius 1 is 1.48 bits per heavy atom. The fourth-order valence-electron chi connectivity index (χ4n) is 1.93. The number of aromatic amines is 1. The van der Waals surface area contributed by atoms with E-state index in [2.05, 4.69) is 20.5 Å². The third-order valence-electron chi connectivity index (χ3n) is 3.47. The van der Waals surface area contributed by atoms with Gasteiger partial charge in [-0.05, 0) is 37.8 Å². The normalized spacial score (nSPS) is 15.7. The molecular weight excluding hydrogens is 268 g/mol. The van der Waals surface area contributed by atoms with Crippen LogP contribution in [-0.4, -0.2) is 33.8 Å². The van der Waals surface area contributed by atoms with Crippen molar-refractivity contribution in [2.24, 2.45) is 5.92 Å². The topological polar surface area (TPSA) is 79.9 Å². The summed E-state index contributed by atoms with van der Waals surface area (Å²) in [6.07, 6.45) is 5.38. The molecule has 110 valence electrons. The molecule has 0 unspecified atom stereocenters. The van der Waals surface area contributed by atoms with E-state index in [1.54, 1.807) is 25.4 Å². The molecule has 1 aliphatic carbocycles. The van der Waals surface area contributed by atoms with Gasteiger partial charge in [0.2, 0.25) is 0 Å². The van der Waals surface area contributed by atoms with Crippen molar-refractivity contribution in [2.75, 3.05) is 11.9 Å². The number of H-pyrrole nitrogens is 1. The number of amides is 1. The van der Waals surface area contributed by atoms with Crippen LogP contribution in [0.5, 0.6) is 0 Å². The van der Waals surface area contributed by atoms with Crippen LogP contribution in [0.4, 0.5) is 5.82 Å². The van der Waals surface area contributed by atoms with Crippen molar-refractivity contribution in [1.82, 2.24) is 15.2 Å². The van der Waals surface area contributed by atoms with E-state index in [1.807, 2.05) is 12.1 Å². The van der Waals surface area contributed by atoms with Gasteiger partial charge in [0.15, 0.2) is 5.82 Å². The zero-order valence-electron chi connectivity index (χ0n) is 11.9. The molecule has 1 aliphatic rings. The second-order valence-electron chi connectivity index (χ2n) is 5.31. The number of hydrogen-bond acceptors (Lipinski definition) is 4. The smallest absolute Gasteiger partial charge is 0.254 e. The molecule has 2 N–H and O–H groups in total. The summed E-state index contributed by atoms with van der Waals surface area (Å²) in [7, 11) is 0. The van der Waals surface area contributed by atoms with Crippen molar-refractivity contribution in [3.05, 3.63) is 30.6 Å². The predicted octanol–water partition coefficient (Wildman–Crippen LogP) is 2.23. The molecule has 0 aromatic carbocycles. The first-order valence-electron chi connectivity index (χ1n) is 7.10. The van der Waals surface area contributed by atoms with E-state index in [0.717, 1.165) is 11.3 Å². The zero-order chi connectivity index (χ0) is 14.7. The summed E-state index contributed by atoms with van der Waals surface area (Å²) < 4.78 is 5.53. The minimum atomic E-state index is -0.466. The van der Waals surface area contributed by atoms with Crippen LogP contribution in [0.3, 0.4) is 0 Å². The number of hydrogen-bond donors (Lipinski definition) is 2. The van der Waals surface area contributed by atoms with Crippen molar-refractivity contribution in [3.8, 4) is 11.3 Å². The Morgan fingerprint density at radius 2 is 2.24 bits per heavy atom. The third-order valence-corrected chi connectivity index (χ3v) is 3.47. The Hall–Kier alpha value is -2.21. The molecule has 3 rings (SSSR count). The summed E-state index contributed by atoms with van der Waals surface area (Å²) in [5, 5.41) is 9.74. The van der Waals surface area contributed by atoms with Crippen LogP contribution in [0.15, 0.2) is 30.6 Å². The summed E-state index contributed by atoms with van der Waals surface area (Å²) >= 11 is 0. The van der Waals surface area contributed by atoms with Crippen molar-refractivity contribution in [1.29, 1.82) is 0 Å². The van der Waals surface area contributed by atoms with Crippen LogP contribution in [0.25, 0.3) is 11.3 Å². The van der Waals surface area contributed by atoms with Gasteiger partial charge in [-0.15, -0.1) is 0 Å². The highest BCUT2D eigenvalue weighted by atomic mass is 16.5. The van der Waals surface area contributed by atoms with E-state index >= 15 is 0 Å². The van der Waals surface area contributed by atoms with E-state index in [0.29, 0.717) is 18.3 Å². The lowest BCUT2D eigenvalue weighted by molar-refractivity contribution is -0.126. The van der Waals surface area contributed by atoms with Gasteiger partial charge in [-0.1, -0.05) is 0 Å². The van der Waals surface area contributed by atoms with Crippen molar-refractivity contribution in [3.63, 3.8) is 0 Å². The summed E-state index contributed by atoms with van der Waals surface area (Å²) in [6.45, 7) is 2.42. The highest BCUT2D eigenvalue weighted by Gasteiger charge is 2.24. The average molecular weight is 286 g/mol. The van der Waals surface area contributed by atoms with E-state index in [4.69, 9.17) is 4.74 Å². The van der Waals surface area contributed by atoms with Crippen LogP contribution in [0.2, 0.25) is 0 Å². The first kappa shape index (κ1) is 13.8. The fraction of sp³-hybridized carbons (Fsp3) is 0.400. The number of rotatable bonds is 6. The lowest BCUT2D eigenvalue weighted by Gasteiger charge is -2.11. The van der Waals surface area contributed by atoms with Gasteiger partial charge in [-0.25, -0.2) is 0 Å². The summed E-state index contributed by atoms with van der Waals surface area (Å²) in [6, 6.07) is 5.54. The van der Waals surface area contributed by atoms with Gasteiger partial charge in [0.05, 0.1) is 12.3 Å². The number of ether oxygens (including phenoxy) is 1. The maximum atomic E-state index is 12.0. The van der Waals surface area contributed by atoms with Gasteiger partial charge in [-0.2, -0.15) is 5.10 Å². The molecule has 0 aliphatic heterocycles. The molecule has 1 fully saturated rings. The molecule has 2 heterocycles. The van der Waals surface area contributed by atoms with Gasteiger partial charge < -0.3 is 10.1 Å². The SMILES string of the molecule is C[C@@H](OCC1CC1)C(=O)Nc1cc(-c2ccncc2)[nH]n1. The van der Waals surface area contributed by atoms with Gasteiger partial charge >= 0.3 is 0 Å². The van der Waals surface area contributed by atoms with Crippen molar-refractivity contribution >= 4 is 11.7 Å². The Labute approximate surface area is 122 Å². The van der Waals surface area contributed by atoms with Crippen LogP contribution < -0.4 is 5.32 Å². The fourth-order valence-corrected chi connectivity index (χ4v) is 1.93. The van der Waals surface area contributed by atoms with Gasteiger partial charge in [0, 0.05) is 24.0 Å². The number of carbonyl (C=O) groups excluding carboxylic acids is 1. The van der Waals surface area contributed by atoms with Crippen molar-refractivity contribution < 1.29 is 9.53 Å².